The molecule has 3 saturated heterocycles. The minimum atomic E-state index is -0.817. The zero-order valence-corrected chi connectivity index (χ0v) is 36.9. The van der Waals surface area contributed by atoms with Gasteiger partial charge in [0.2, 0.25) is 23.6 Å². The molecule has 3 fully saturated rings. The monoisotopic (exact) mass is 871 g/mol. The number of hydrogen-bond acceptors (Lipinski definition) is 9. The van der Waals surface area contributed by atoms with Crippen molar-refractivity contribution in [2.24, 2.45) is 11.8 Å². The lowest BCUT2D eigenvalue weighted by atomic mass is 10.0. The van der Waals surface area contributed by atoms with Gasteiger partial charge in [-0.15, -0.1) is 0 Å². The lowest BCUT2D eigenvalue weighted by molar-refractivity contribution is -0.139. The molecular formula is C46H58ClN7O8. The Morgan fingerprint density at radius 3 is 1.32 bits per heavy atom. The summed E-state index contributed by atoms with van der Waals surface area (Å²) >= 11 is 6.33. The number of nitrogens with zero attached hydrogens (tertiary/aromatic N) is 3. The van der Waals surface area contributed by atoms with E-state index < -0.39 is 36.4 Å². The lowest BCUT2D eigenvalue weighted by Crippen LogP contribution is -2.54. The summed E-state index contributed by atoms with van der Waals surface area (Å²) in [4.78, 5) is 83.6. The molecule has 15 nitrogen and oxygen atoms in total. The SMILES string of the molecule is COC(=O)N[C@H](C(=O)N1CCC[C@H]1C(=O)Nc1ccc([C@@H]2CC[C@@H](c3ccc(NC(=O)[C@@H]4CCCN4C(=O)[C@@H](NC(=O)OC)C(C)C)cc3)N2c2ccc(Cl)cc2)cc1)C(C)C. The van der Waals surface area contributed by atoms with Crippen LogP contribution in [0.1, 0.15) is 89.4 Å². The van der Waals surface area contributed by atoms with Gasteiger partial charge in [0, 0.05) is 35.2 Å². The molecule has 4 N–H and O–H groups in total. The fourth-order valence-corrected chi connectivity index (χ4v) is 8.96. The Balaban J connectivity index is 1.13. The molecular weight excluding hydrogens is 814 g/mol. The number of halogens is 1. The zero-order chi connectivity index (χ0) is 44.7. The second-order valence-electron chi connectivity index (χ2n) is 16.8. The van der Waals surface area contributed by atoms with Crippen molar-refractivity contribution in [2.75, 3.05) is 42.8 Å². The summed E-state index contributed by atoms with van der Waals surface area (Å²) in [6.45, 7) is 8.17. The van der Waals surface area contributed by atoms with Gasteiger partial charge in [0.15, 0.2) is 0 Å². The molecule has 6 amide bonds. The standard InChI is InChI=1S/C46H58ClN7O8/c1-27(2)39(50-45(59)61-5)43(57)52-25-7-9-37(52)41(55)48-32-17-11-29(12-18-32)35-23-24-36(54(35)34-21-15-31(47)16-22-34)30-13-19-33(20-14-30)49-42(56)38-10-8-26-53(38)44(58)40(28(3)4)51-46(60)62-6/h11-22,27-28,35-40H,7-10,23-26H2,1-6H3,(H,48,55)(H,49,56)(H,50,59)(H,51,60)/t35-,36-,37-,38-,39-,40-/m0/s1. The van der Waals surface area contributed by atoms with Crippen LogP contribution in [0.25, 0.3) is 0 Å². The van der Waals surface area contributed by atoms with Gasteiger partial charge in [-0.2, -0.15) is 0 Å². The van der Waals surface area contributed by atoms with Gasteiger partial charge in [-0.1, -0.05) is 63.6 Å². The van der Waals surface area contributed by atoms with Crippen LogP contribution < -0.4 is 26.2 Å². The molecule has 0 spiro atoms. The highest BCUT2D eigenvalue weighted by molar-refractivity contribution is 6.30. The number of amides is 6. The van der Waals surface area contributed by atoms with Crippen molar-refractivity contribution in [3.8, 4) is 0 Å². The number of nitrogens with one attached hydrogen (secondary N) is 4. The molecule has 3 aromatic carbocycles. The summed E-state index contributed by atoms with van der Waals surface area (Å²) in [5.41, 5.74) is 4.34. The largest absolute Gasteiger partial charge is 0.453 e. The van der Waals surface area contributed by atoms with Crippen LogP contribution in [0.15, 0.2) is 72.8 Å². The Kier molecular flexibility index (Phi) is 15.0. The van der Waals surface area contributed by atoms with Crippen molar-refractivity contribution >= 4 is 64.5 Å². The first-order valence-corrected chi connectivity index (χ1v) is 21.7. The number of rotatable bonds is 13. The van der Waals surface area contributed by atoms with E-state index in [1.165, 1.54) is 14.2 Å². The van der Waals surface area contributed by atoms with Crippen LogP contribution in [0.3, 0.4) is 0 Å². The number of carbonyl (C=O) groups is 6. The smallest absolute Gasteiger partial charge is 0.407 e. The summed E-state index contributed by atoms with van der Waals surface area (Å²) in [6, 6.07) is 20.4. The first-order chi connectivity index (χ1) is 29.7. The summed E-state index contributed by atoms with van der Waals surface area (Å²) in [5.74, 6) is -1.60. The van der Waals surface area contributed by atoms with Crippen molar-refractivity contribution in [3.63, 3.8) is 0 Å². The second kappa shape index (κ2) is 20.4. The Morgan fingerprint density at radius 2 is 0.968 bits per heavy atom. The molecule has 3 heterocycles. The zero-order valence-electron chi connectivity index (χ0n) is 36.2. The molecule has 6 rings (SSSR count). The van der Waals surface area contributed by atoms with Crippen LogP contribution in [0.2, 0.25) is 5.02 Å². The van der Waals surface area contributed by atoms with Gasteiger partial charge < -0.3 is 45.4 Å². The van der Waals surface area contributed by atoms with E-state index in [1.807, 2.05) is 100 Å². The van der Waals surface area contributed by atoms with Crippen LogP contribution in [0, 0.1) is 11.8 Å². The average molecular weight is 872 g/mol. The predicted molar refractivity (Wildman–Crippen MR) is 237 cm³/mol. The Labute approximate surface area is 368 Å². The normalized spacial score (nSPS) is 20.8. The number of benzene rings is 3. The molecule has 62 heavy (non-hydrogen) atoms. The number of methoxy groups -OCH3 is 2. The van der Waals surface area contributed by atoms with E-state index >= 15 is 0 Å². The Morgan fingerprint density at radius 1 is 0.581 bits per heavy atom. The molecule has 3 aliphatic heterocycles. The highest BCUT2D eigenvalue weighted by Gasteiger charge is 2.41. The van der Waals surface area contributed by atoms with Crippen molar-refractivity contribution < 1.29 is 38.2 Å². The third-order valence-electron chi connectivity index (χ3n) is 12.1. The molecule has 3 aromatic rings. The quantitative estimate of drug-likeness (QED) is 0.140. The van der Waals surface area contributed by atoms with Gasteiger partial charge >= 0.3 is 12.2 Å². The Hall–Kier alpha value is -5.83. The Bertz CT molecular complexity index is 1960. The van der Waals surface area contributed by atoms with Crippen LogP contribution in [0.5, 0.6) is 0 Å². The van der Waals surface area contributed by atoms with Gasteiger partial charge in [-0.05, 0) is 110 Å². The van der Waals surface area contributed by atoms with Gasteiger partial charge in [0.25, 0.3) is 0 Å². The number of hydrogen-bond donors (Lipinski definition) is 4. The molecule has 0 saturated carbocycles. The lowest BCUT2D eigenvalue weighted by Gasteiger charge is -2.33. The van der Waals surface area contributed by atoms with E-state index in [0.717, 1.165) is 29.7 Å². The van der Waals surface area contributed by atoms with Crippen LogP contribution in [-0.2, 0) is 28.7 Å². The minimum absolute atomic E-state index is 0.00208. The highest BCUT2D eigenvalue weighted by atomic mass is 35.5. The van der Waals surface area contributed by atoms with E-state index in [-0.39, 0.29) is 47.5 Å². The fraction of sp³-hybridized carbons (Fsp3) is 0.478. The van der Waals surface area contributed by atoms with E-state index in [0.29, 0.717) is 55.2 Å². The topological polar surface area (TPSA) is 179 Å². The first-order valence-electron chi connectivity index (χ1n) is 21.4. The molecule has 0 aliphatic carbocycles. The molecule has 6 atom stereocenters. The average Bonchev–Trinajstić information content (AvgIpc) is 4.06. The maximum Gasteiger partial charge on any atom is 0.407 e. The molecule has 332 valence electrons. The van der Waals surface area contributed by atoms with Crippen molar-refractivity contribution in [1.82, 2.24) is 20.4 Å². The summed E-state index contributed by atoms with van der Waals surface area (Å²) in [5, 5.41) is 11.9. The maximum absolute atomic E-state index is 13.6. The number of alkyl carbamates (subject to hydrolysis) is 2. The highest BCUT2D eigenvalue weighted by Crippen LogP contribution is 2.47. The summed E-state index contributed by atoms with van der Waals surface area (Å²) in [7, 11) is 2.49. The first kappa shape index (κ1) is 45.7. The third-order valence-corrected chi connectivity index (χ3v) is 12.3. The van der Waals surface area contributed by atoms with Gasteiger partial charge in [-0.3, -0.25) is 19.2 Å². The molecule has 0 unspecified atom stereocenters. The van der Waals surface area contributed by atoms with Crippen molar-refractivity contribution in [2.45, 2.75) is 102 Å². The molecule has 0 aromatic heterocycles. The summed E-state index contributed by atoms with van der Waals surface area (Å²) < 4.78 is 9.45. The van der Waals surface area contributed by atoms with E-state index in [4.69, 9.17) is 21.1 Å². The van der Waals surface area contributed by atoms with Gasteiger partial charge in [0.05, 0.1) is 26.3 Å². The number of ether oxygens (including phenoxy) is 2. The second-order valence-corrected chi connectivity index (χ2v) is 17.2. The predicted octanol–water partition coefficient (Wildman–Crippen LogP) is 7.04. The fourth-order valence-electron chi connectivity index (χ4n) is 8.83. The van der Waals surface area contributed by atoms with Crippen LogP contribution in [-0.4, -0.2) is 97.1 Å². The number of anilines is 3. The van der Waals surface area contributed by atoms with E-state index in [9.17, 15) is 28.8 Å². The van der Waals surface area contributed by atoms with Crippen molar-refractivity contribution in [3.05, 3.63) is 88.9 Å². The van der Waals surface area contributed by atoms with Crippen LogP contribution >= 0.6 is 11.6 Å². The van der Waals surface area contributed by atoms with Crippen LogP contribution in [0.4, 0.5) is 26.7 Å². The minimum Gasteiger partial charge on any atom is -0.453 e. The third kappa shape index (κ3) is 10.4. The molecule has 3 aliphatic rings. The maximum atomic E-state index is 13.6. The van der Waals surface area contributed by atoms with E-state index in [2.05, 4.69) is 26.2 Å². The van der Waals surface area contributed by atoms with Gasteiger partial charge in [0.1, 0.15) is 24.2 Å². The molecule has 0 bridgehead atoms. The van der Waals surface area contributed by atoms with E-state index in [1.54, 1.807) is 9.80 Å². The molecule has 0 radical (unpaired) electrons. The van der Waals surface area contributed by atoms with Gasteiger partial charge in [-0.25, -0.2) is 9.59 Å². The number of likely N-dealkylation sites (tertiary alicyclic amines) is 2. The summed E-state index contributed by atoms with van der Waals surface area (Å²) in [6.07, 6.45) is 2.68. The molecule has 16 heteroatoms. The van der Waals surface area contributed by atoms with Crippen molar-refractivity contribution in [1.29, 1.82) is 0 Å². The number of carbonyl (C=O) groups excluding carboxylic acids is 6.